The van der Waals surface area contributed by atoms with Gasteiger partial charge in [-0.2, -0.15) is 0 Å². The first kappa shape index (κ1) is 25.3. The average molecular weight is 501 g/mol. The second-order valence-corrected chi connectivity index (χ2v) is 11.3. The molecule has 1 fully saturated rings. The van der Waals surface area contributed by atoms with E-state index in [1.807, 2.05) is 70.2 Å². The van der Waals surface area contributed by atoms with Crippen LogP contribution in [0.4, 0.5) is 5.69 Å². The molecule has 0 unspecified atom stereocenters. The zero-order chi connectivity index (χ0) is 25.5. The minimum Gasteiger partial charge on any atom is -0.459 e. The summed E-state index contributed by atoms with van der Waals surface area (Å²) in [5.41, 5.74) is 1.72. The van der Waals surface area contributed by atoms with Crippen molar-refractivity contribution in [1.29, 1.82) is 0 Å². The number of carbonyl (C=O) groups is 2. The van der Waals surface area contributed by atoms with E-state index in [0.29, 0.717) is 23.6 Å². The summed E-state index contributed by atoms with van der Waals surface area (Å²) >= 11 is 6.37. The quantitative estimate of drug-likeness (QED) is 0.486. The number of rotatable bonds is 4. The molecule has 0 bridgehead atoms. The molecule has 35 heavy (non-hydrogen) atoms. The highest BCUT2D eigenvalue weighted by atomic mass is 35.5. The van der Waals surface area contributed by atoms with Crippen LogP contribution in [0.2, 0.25) is 5.02 Å². The van der Waals surface area contributed by atoms with E-state index in [9.17, 15) is 9.59 Å². The summed E-state index contributed by atoms with van der Waals surface area (Å²) in [5, 5.41) is 1.60. The van der Waals surface area contributed by atoms with E-state index in [1.165, 1.54) is 0 Å². The van der Waals surface area contributed by atoms with Gasteiger partial charge in [0.25, 0.3) is 0 Å². The molecule has 0 atom stereocenters. The molecule has 0 spiro atoms. The summed E-state index contributed by atoms with van der Waals surface area (Å²) in [4.78, 5) is 33.9. The number of halogens is 1. The Labute approximate surface area is 210 Å². The number of hydrogen-bond donors (Lipinski definition) is 0. The lowest BCUT2D eigenvalue weighted by molar-refractivity contribution is -0.156. The summed E-state index contributed by atoms with van der Waals surface area (Å²) in [6, 6.07) is 7.69. The smallest absolute Gasteiger partial charge is 0.359 e. The van der Waals surface area contributed by atoms with Crippen molar-refractivity contribution in [3.05, 3.63) is 41.3 Å². The van der Waals surface area contributed by atoms with Gasteiger partial charge in [0.2, 0.25) is 0 Å². The molecule has 1 aliphatic heterocycles. The van der Waals surface area contributed by atoms with Crippen molar-refractivity contribution >= 4 is 45.6 Å². The summed E-state index contributed by atoms with van der Waals surface area (Å²) in [6.07, 6.45) is 1.65. The van der Waals surface area contributed by atoms with Crippen LogP contribution >= 0.6 is 11.6 Å². The molecule has 3 aromatic rings. The molecule has 1 aliphatic rings. The Bertz CT molecular complexity index is 1260. The summed E-state index contributed by atoms with van der Waals surface area (Å²) in [7, 11) is 0. The predicted octanol–water partition coefficient (Wildman–Crippen LogP) is 4.56. The molecule has 9 heteroatoms. The summed E-state index contributed by atoms with van der Waals surface area (Å²) in [6.45, 7) is 14.3. The number of esters is 2. The minimum atomic E-state index is -0.620. The Morgan fingerprint density at radius 1 is 0.943 bits per heavy atom. The third-order valence-corrected chi connectivity index (χ3v) is 5.89. The monoisotopic (exact) mass is 500 g/mol. The highest BCUT2D eigenvalue weighted by Crippen LogP contribution is 2.33. The van der Waals surface area contributed by atoms with Crippen LogP contribution in [0.1, 0.15) is 52.0 Å². The Balaban J connectivity index is 1.64. The van der Waals surface area contributed by atoms with Crippen molar-refractivity contribution in [3.8, 4) is 0 Å². The Morgan fingerprint density at radius 2 is 1.60 bits per heavy atom. The summed E-state index contributed by atoms with van der Waals surface area (Å²) < 4.78 is 13.0. The van der Waals surface area contributed by atoms with E-state index in [1.54, 1.807) is 6.33 Å². The lowest BCUT2D eigenvalue weighted by Crippen LogP contribution is -2.48. The largest absolute Gasteiger partial charge is 0.459 e. The standard InChI is InChI=1S/C26H33ClN4O4/c1-25(2,3)34-22(32)15-29-9-11-30(12-10-29)20-14-21-23(24(33)35-26(4,5)6)28-16-31(21)19-8-7-17(27)13-18(19)20/h7-8,13-14,16H,9-12,15H2,1-6H3. The fourth-order valence-corrected chi connectivity index (χ4v) is 4.44. The third kappa shape index (κ3) is 5.87. The Hall–Kier alpha value is -2.84. The topological polar surface area (TPSA) is 76.4 Å². The first-order valence-corrected chi connectivity index (χ1v) is 12.2. The highest BCUT2D eigenvalue weighted by Gasteiger charge is 2.26. The normalized spacial score (nSPS) is 15.6. The molecule has 0 N–H and O–H groups in total. The van der Waals surface area contributed by atoms with E-state index >= 15 is 0 Å². The molecule has 3 heterocycles. The summed E-state index contributed by atoms with van der Waals surface area (Å²) in [5.74, 6) is -0.674. The number of ether oxygens (including phenoxy) is 2. The van der Waals surface area contributed by atoms with E-state index in [4.69, 9.17) is 21.1 Å². The van der Waals surface area contributed by atoms with Gasteiger partial charge in [0.1, 0.15) is 17.5 Å². The van der Waals surface area contributed by atoms with Gasteiger partial charge in [0.05, 0.1) is 17.6 Å². The number of hydrogen-bond acceptors (Lipinski definition) is 7. The average Bonchev–Trinajstić information content (AvgIpc) is 3.15. The zero-order valence-corrected chi connectivity index (χ0v) is 22.0. The van der Waals surface area contributed by atoms with Gasteiger partial charge in [-0.05, 0) is 65.8 Å². The van der Waals surface area contributed by atoms with Gasteiger partial charge < -0.3 is 14.4 Å². The molecule has 8 nitrogen and oxygen atoms in total. The molecule has 4 rings (SSSR count). The fourth-order valence-electron chi connectivity index (χ4n) is 4.27. The van der Waals surface area contributed by atoms with Crippen LogP contribution in [0.15, 0.2) is 30.6 Å². The molecule has 0 radical (unpaired) electrons. The molecule has 0 saturated carbocycles. The molecule has 0 amide bonds. The van der Waals surface area contributed by atoms with Crippen molar-refractivity contribution in [1.82, 2.24) is 14.3 Å². The molecule has 2 aromatic heterocycles. The number of fused-ring (bicyclic) bond motifs is 3. The number of nitrogens with zero attached hydrogens (tertiary/aromatic N) is 4. The van der Waals surface area contributed by atoms with Crippen molar-refractivity contribution in [2.75, 3.05) is 37.6 Å². The molecule has 0 aliphatic carbocycles. The van der Waals surface area contributed by atoms with Gasteiger partial charge in [-0.1, -0.05) is 11.6 Å². The van der Waals surface area contributed by atoms with Crippen LogP contribution in [0, 0.1) is 0 Å². The van der Waals surface area contributed by atoms with E-state index < -0.39 is 17.2 Å². The predicted molar refractivity (Wildman–Crippen MR) is 137 cm³/mol. The van der Waals surface area contributed by atoms with Crippen LogP contribution in [-0.2, 0) is 14.3 Å². The second kappa shape index (κ2) is 9.32. The molecule has 188 valence electrons. The minimum absolute atomic E-state index is 0.217. The maximum atomic E-state index is 12.9. The number of aromatic nitrogens is 2. The first-order valence-electron chi connectivity index (χ1n) is 11.8. The van der Waals surface area contributed by atoms with Crippen molar-refractivity contribution in [2.45, 2.75) is 52.7 Å². The van der Waals surface area contributed by atoms with Crippen LogP contribution < -0.4 is 4.90 Å². The van der Waals surface area contributed by atoms with Gasteiger partial charge in [-0.25, -0.2) is 9.78 Å². The van der Waals surface area contributed by atoms with Gasteiger partial charge in [-0.15, -0.1) is 0 Å². The molecular formula is C26H33ClN4O4. The first-order chi connectivity index (χ1) is 16.3. The number of imidazole rings is 1. The maximum Gasteiger partial charge on any atom is 0.359 e. The SMILES string of the molecule is CC(C)(C)OC(=O)CN1CCN(c2cc3c(C(=O)OC(C)(C)C)ncn3c3ccc(Cl)cc23)CC1. The van der Waals surface area contributed by atoms with Crippen molar-refractivity contribution < 1.29 is 19.1 Å². The van der Waals surface area contributed by atoms with Crippen LogP contribution in [-0.4, -0.2) is 70.1 Å². The van der Waals surface area contributed by atoms with Crippen LogP contribution in [0.25, 0.3) is 16.4 Å². The van der Waals surface area contributed by atoms with Gasteiger partial charge >= 0.3 is 11.9 Å². The van der Waals surface area contributed by atoms with Gasteiger partial charge in [-0.3, -0.25) is 14.1 Å². The second-order valence-electron chi connectivity index (χ2n) is 10.9. The highest BCUT2D eigenvalue weighted by molar-refractivity contribution is 6.31. The molecular weight excluding hydrogens is 468 g/mol. The lowest BCUT2D eigenvalue weighted by atomic mass is 10.1. The number of pyridine rings is 1. The van der Waals surface area contributed by atoms with Crippen molar-refractivity contribution in [2.24, 2.45) is 0 Å². The van der Waals surface area contributed by atoms with E-state index in [-0.39, 0.29) is 18.2 Å². The lowest BCUT2D eigenvalue weighted by Gasteiger charge is -2.36. The fraction of sp³-hybridized carbons (Fsp3) is 0.500. The molecule has 1 aromatic carbocycles. The van der Waals surface area contributed by atoms with Gasteiger partial charge in [0, 0.05) is 42.3 Å². The Kier molecular flexibility index (Phi) is 6.72. The number of carbonyl (C=O) groups excluding carboxylic acids is 2. The van der Waals surface area contributed by atoms with Crippen LogP contribution in [0.3, 0.4) is 0 Å². The van der Waals surface area contributed by atoms with Gasteiger partial charge in [0.15, 0.2) is 5.69 Å². The third-order valence-electron chi connectivity index (χ3n) is 5.65. The number of benzene rings is 1. The van der Waals surface area contributed by atoms with Crippen molar-refractivity contribution in [3.63, 3.8) is 0 Å². The Morgan fingerprint density at radius 3 is 2.23 bits per heavy atom. The van der Waals surface area contributed by atoms with E-state index in [0.717, 1.165) is 29.7 Å². The zero-order valence-electron chi connectivity index (χ0n) is 21.2. The number of anilines is 1. The molecule has 1 saturated heterocycles. The maximum absolute atomic E-state index is 12.9. The van der Waals surface area contributed by atoms with E-state index in [2.05, 4.69) is 14.8 Å². The van der Waals surface area contributed by atoms with Crippen LogP contribution in [0.5, 0.6) is 0 Å². The number of piperazine rings is 1.